The molecule has 0 N–H and O–H groups in total. The SMILES string of the molecule is Clc1cc(C#CC/N=C/c2ccccc2)cs1. The van der Waals surface area contributed by atoms with Crippen molar-refractivity contribution in [3.05, 3.63) is 57.2 Å². The first kappa shape index (κ1) is 11.9. The summed E-state index contributed by atoms with van der Waals surface area (Å²) in [6.07, 6.45) is 1.83. The molecular formula is C14H10ClNS. The van der Waals surface area contributed by atoms with Crippen molar-refractivity contribution in [2.75, 3.05) is 6.54 Å². The van der Waals surface area contributed by atoms with Crippen LogP contribution in [0.15, 0.2) is 46.8 Å². The van der Waals surface area contributed by atoms with Crippen molar-refractivity contribution in [2.24, 2.45) is 4.99 Å². The molecular weight excluding hydrogens is 250 g/mol. The van der Waals surface area contributed by atoms with Gasteiger partial charge >= 0.3 is 0 Å². The lowest BCUT2D eigenvalue weighted by molar-refractivity contribution is 1.30. The Balaban J connectivity index is 1.88. The third-order valence-corrected chi connectivity index (χ3v) is 3.10. The molecule has 0 aliphatic heterocycles. The van der Waals surface area contributed by atoms with Crippen molar-refractivity contribution in [3.8, 4) is 11.8 Å². The van der Waals surface area contributed by atoms with Crippen LogP contribution in [0.3, 0.4) is 0 Å². The monoisotopic (exact) mass is 259 g/mol. The van der Waals surface area contributed by atoms with E-state index < -0.39 is 0 Å². The molecule has 0 radical (unpaired) electrons. The lowest BCUT2D eigenvalue weighted by atomic mass is 10.2. The van der Waals surface area contributed by atoms with Gasteiger partial charge in [-0.3, -0.25) is 4.99 Å². The maximum Gasteiger partial charge on any atom is 0.100 e. The van der Waals surface area contributed by atoms with Crippen molar-refractivity contribution < 1.29 is 0 Å². The highest BCUT2D eigenvalue weighted by Crippen LogP contribution is 2.18. The molecule has 0 saturated heterocycles. The summed E-state index contributed by atoms with van der Waals surface area (Å²) in [7, 11) is 0. The molecule has 0 amide bonds. The number of thiophene rings is 1. The molecule has 17 heavy (non-hydrogen) atoms. The maximum absolute atomic E-state index is 5.80. The first-order valence-electron chi connectivity index (χ1n) is 5.12. The molecule has 1 heterocycles. The zero-order chi connectivity index (χ0) is 11.9. The van der Waals surface area contributed by atoms with Crippen molar-refractivity contribution >= 4 is 29.2 Å². The molecule has 0 spiro atoms. The number of benzene rings is 1. The Hall–Kier alpha value is -1.56. The number of hydrogen-bond donors (Lipinski definition) is 0. The van der Waals surface area contributed by atoms with Gasteiger partial charge in [0.25, 0.3) is 0 Å². The average molecular weight is 260 g/mol. The minimum Gasteiger partial charge on any atom is -0.280 e. The predicted octanol–water partition coefficient (Wildman–Crippen LogP) is 3.87. The van der Waals surface area contributed by atoms with Crippen LogP contribution in [0.5, 0.6) is 0 Å². The van der Waals surface area contributed by atoms with Gasteiger partial charge in [-0.1, -0.05) is 53.8 Å². The highest BCUT2D eigenvalue weighted by molar-refractivity contribution is 7.14. The Kier molecular flexibility index (Phi) is 4.37. The molecule has 0 aliphatic carbocycles. The fourth-order valence-electron chi connectivity index (χ4n) is 1.25. The fraction of sp³-hybridized carbons (Fsp3) is 0.0714. The van der Waals surface area contributed by atoms with Gasteiger partial charge in [-0.25, -0.2) is 0 Å². The normalized spacial score (nSPS) is 10.2. The molecule has 2 aromatic rings. The first-order valence-corrected chi connectivity index (χ1v) is 6.38. The Labute approximate surface area is 110 Å². The Bertz CT molecular complexity index is 561. The van der Waals surface area contributed by atoms with E-state index in [4.69, 9.17) is 11.6 Å². The second-order valence-electron chi connectivity index (χ2n) is 3.32. The van der Waals surface area contributed by atoms with Crippen LogP contribution in [0, 0.1) is 11.8 Å². The van der Waals surface area contributed by atoms with Crippen LogP contribution >= 0.6 is 22.9 Å². The first-order chi connectivity index (χ1) is 8.34. The summed E-state index contributed by atoms with van der Waals surface area (Å²) >= 11 is 7.29. The van der Waals surface area contributed by atoms with Crippen LogP contribution in [0.2, 0.25) is 4.34 Å². The quantitative estimate of drug-likeness (QED) is 0.573. The second kappa shape index (κ2) is 6.24. The van der Waals surface area contributed by atoms with E-state index in [1.54, 1.807) is 0 Å². The predicted molar refractivity (Wildman–Crippen MR) is 75.1 cm³/mol. The highest BCUT2D eigenvalue weighted by atomic mass is 35.5. The van der Waals surface area contributed by atoms with E-state index in [2.05, 4.69) is 16.8 Å². The zero-order valence-corrected chi connectivity index (χ0v) is 10.6. The number of nitrogens with zero attached hydrogens (tertiary/aromatic N) is 1. The second-order valence-corrected chi connectivity index (χ2v) is 4.86. The van der Waals surface area contributed by atoms with Gasteiger partial charge in [0.05, 0.1) is 4.34 Å². The van der Waals surface area contributed by atoms with Crippen LogP contribution in [0.1, 0.15) is 11.1 Å². The van der Waals surface area contributed by atoms with Gasteiger partial charge in [0.2, 0.25) is 0 Å². The third-order valence-electron chi connectivity index (χ3n) is 2.01. The molecule has 2 rings (SSSR count). The van der Waals surface area contributed by atoms with Gasteiger partial charge < -0.3 is 0 Å². The largest absolute Gasteiger partial charge is 0.280 e. The lowest BCUT2D eigenvalue weighted by Crippen LogP contribution is -1.81. The molecule has 1 aromatic heterocycles. The van der Waals surface area contributed by atoms with Crippen molar-refractivity contribution in [2.45, 2.75) is 0 Å². The van der Waals surface area contributed by atoms with E-state index in [1.807, 2.05) is 48.0 Å². The van der Waals surface area contributed by atoms with Gasteiger partial charge in [0.1, 0.15) is 6.54 Å². The number of rotatable bonds is 2. The third kappa shape index (κ3) is 4.07. The zero-order valence-electron chi connectivity index (χ0n) is 9.06. The molecule has 84 valence electrons. The maximum atomic E-state index is 5.80. The Morgan fingerprint density at radius 1 is 1.29 bits per heavy atom. The van der Waals surface area contributed by atoms with Crippen molar-refractivity contribution in [1.82, 2.24) is 0 Å². The molecule has 0 atom stereocenters. The van der Waals surface area contributed by atoms with Gasteiger partial charge in [-0.15, -0.1) is 11.3 Å². The topological polar surface area (TPSA) is 12.4 Å². The summed E-state index contributed by atoms with van der Waals surface area (Å²) in [5.74, 6) is 6.00. The molecule has 0 unspecified atom stereocenters. The summed E-state index contributed by atoms with van der Waals surface area (Å²) in [6, 6.07) is 11.8. The minimum atomic E-state index is 0.502. The van der Waals surface area contributed by atoms with Crippen molar-refractivity contribution in [3.63, 3.8) is 0 Å². The van der Waals surface area contributed by atoms with Crippen LogP contribution < -0.4 is 0 Å². The summed E-state index contributed by atoms with van der Waals surface area (Å²) < 4.78 is 0.766. The van der Waals surface area contributed by atoms with E-state index in [9.17, 15) is 0 Å². The molecule has 0 aliphatic rings. The van der Waals surface area contributed by atoms with E-state index in [-0.39, 0.29) is 0 Å². The molecule has 1 nitrogen and oxygen atoms in total. The summed E-state index contributed by atoms with van der Waals surface area (Å²) in [6.45, 7) is 0.502. The smallest absolute Gasteiger partial charge is 0.100 e. The Morgan fingerprint density at radius 2 is 2.12 bits per heavy atom. The molecule has 0 fully saturated rings. The average Bonchev–Trinajstić information content (AvgIpc) is 2.76. The van der Waals surface area contributed by atoms with Gasteiger partial charge in [0, 0.05) is 17.2 Å². The van der Waals surface area contributed by atoms with Crippen LogP contribution in [-0.4, -0.2) is 12.8 Å². The minimum absolute atomic E-state index is 0.502. The van der Waals surface area contributed by atoms with E-state index in [1.165, 1.54) is 11.3 Å². The lowest BCUT2D eigenvalue weighted by Gasteiger charge is -1.88. The number of aliphatic imine (C=N–C) groups is 1. The van der Waals surface area contributed by atoms with Crippen molar-refractivity contribution in [1.29, 1.82) is 0 Å². The van der Waals surface area contributed by atoms with E-state index >= 15 is 0 Å². The summed E-state index contributed by atoms with van der Waals surface area (Å²) in [5.41, 5.74) is 2.04. The standard InChI is InChI=1S/C14H10ClNS/c15-14-9-13(11-17-14)7-4-8-16-10-12-5-2-1-3-6-12/h1-3,5-6,9-11H,8H2/b16-10+. The Morgan fingerprint density at radius 3 is 2.82 bits per heavy atom. The van der Waals surface area contributed by atoms with Crippen LogP contribution in [-0.2, 0) is 0 Å². The highest BCUT2D eigenvalue weighted by Gasteiger charge is 1.91. The number of halogens is 1. The molecule has 0 bridgehead atoms. The van der Waals surface area contributed by atoms with E-state index in [0.29, 0.717) is 6.54 Å². The van der Waals surface area contributed by atoms with Gasteiger partial charge in [-0.05, 0) is 11.6 Å². The van der Waals surface area contributed by atoms with Gasteiger partial charge in [0.15, 0.2) is 0 Å². The summed E-state index contributed by atoms with van der Waals surface area (Å²) in [4.78, 5) is 4.24. The molecule has 0 saturated carbocycles. The van der Waals surface area contributed by atoms with E-state index in [0.717, 1.165) is 15.5 Å². The molecule has 3 heteroatoms. The fourth-order valence-corrected chi connectivity index (χ4v) is 2.07. The molecule has 1 aromatic carbocycles. The number of hydrogen-bond acceptors (Lipinski definition) is 2. The van der Waals surface area contributed by atoms with Crippen LogP contribution in [0.4, 0.5) is 0 Å². The van der Waals surface area contributed by atoms with Crippen LogP contribution in [0.25, 0.3) is 0 Å². The summed E-state index contributed by atoms with van der Waals surface area (Å²) in [5, 5.41) is 1.94. The van der Waals surface area contributed by atoms with Gasteiger partial charge in [-0.2, -0.15) is 0 Å².